The Bertz CT molecular complexity index is 435. The number of rotatable bonds is 6. The van der Waals surface area contributed by atoms with Gasteiger partial charge in [-0.05, 0) is 24.0 Å². The summed E-state index contributed by atoms with van der Waals surface area (Å²) in [6.45, 7) is 0. The van der Waals surface area contributed by atoms with Gasteiger partial charge in [0.2, 0.25) is 0 Å². The first-order valence-corrected chi connectivity index (χ1v) is 5.61. The molecule has 96 valence electrons. The third kappa shape index (κ3) is 4.17. The molecule has 2 atom stereocenters. The number of benzene rings is 1. The van der Waals surface area contributed by atoms with E-state index in [-0.39, 0.29) is 6.42 Å². The molecule has 1 rings (SSSR count). The molecule has 0 aliphatic carbocycles. The van der Waals surface area contributed by atoms with Crippen molar-refractivity contribution < 1.29 is 20.1 Å². The highest BCUT2D eigenvalue weighted by Gasteiger charge is 2.17. The van der Waals surface area contributed by atoms with Crippen LogP contribution < -0.4 is 0 Å². The zero-order valence-corrected chi connectivity index (χ0v) is 9.78. The molecule has 5 nitrogen and oxygen atoms in total. The van der Waals surface area contributed by atoms with Crippen LogP contribution in [0.1, 0.15) is 30.1 Å². The molecule has 0 spiro atoms. The van der Waals surface area contributed by atoms with E-state index in [0.29, 0.717) is 18.4 Å². The van der Waals surface area contributed by atoms with Crippen molar-refractivity contribution in [1.29, 1.82) is 5.26 Å². The Morgan fingerprint density at radius 1 is 1.28 bits per heavy atom. The van der Waals surface area contributed by atoms with Crippen LogP contribution in [-0.2, 0) is 11.2 Å². The second-order valence-corrected chi connectivity index (χ2v) is 4.01. The second-order valence-electron chi connectivity index (χ2n) is 4.01. The minimum absolute atomic E-state index is 0.123. The van der Waals surface area contributed by atoms with Gasteiger partial charge in [0.1, 0.15) is 6.10 Å². The number of hydrogen-bond acceptors (Lipinski definition) is 4. The van der Waals surface area contributed by atoms with Crippen molar-refractivity contribution in [2.45, 2.75) is 31.5 Å². The number of nitriles is 1. The Balaban J connectivity index is 2.57. The Morgan fingerprint density at radius 2 is 1.89 bits per heavy atom. The summed E-state index contributed by atoms with van der Waals surface area (Å²) >= 11 is 0. The van der Waals surface area contributed by atoms with Crippen molar-refractivity contribution in [3.05, 3.63) is 35.4 Å². The lowest BCUT2D eigenvalue weighted by Crippen LogP contribution is -2.15. The maximum absolute atomic E-state index is 10.3. The van der Waals surface area contributed by atoms with Gasteiger partial charge in [0.25, 0.3) is 0 Å². The van der Waals surface area contributed by atoms with Gasteiger partial charge in [-0.1, -0.05) is 24.3 Å². The summed E-state index contributed by atoms with van der Waals surface area (Å²) < 4.78 is 0. The van der Waals surface area contributed by atoms with E-state index in [2.05, 4.69) is 0 Å². The molecule has 0 aliphatic rings. The molecule has 0 amide bonds. The van der Waals surface area contributed by atoms with Crippen molar-refractivity contribution in [1.82, 2.24) is 0 Å². The molecular weight excluding hydrogens is 234 g/mol. The standard InChI is InChI=1S/C13H15NO4/c14-8-11(15)13(18)10-6-4-9(5-7-10)2-1-3-12(16)17/h4-7,11,13,15,18H,1-3H2,(H,16,17). The molecule has 0 aliphatic heterocycles. The summed E-state index contributed by atoms with van der Waals surface area (Å²) in [4.78, 5) is 10.3. The first-order valence-electron chi connectivity index (χ1n) is 5.61. The normalized spacial score (nSPS) is 13.6. The fourth-order valence-electron chi connectivity index (χ4n) is 1.58. The summed E-state index contributed by atoms with van der Waals surface area (Å²) in [5.74, 6) is -0.820. The highest BCUT2D eigenvalue weighted by atomic mass is 16.4. The fraction of sp³-hybridized carbons (Fsp3) is 0.385. The van der Waals surface area contributed by atoms with Gasteiger partial charge in [0.05, 0.1) is 6.07 Å². The molecule has 0 radical (unpaired) electrons. The third-order valence-corrected chi connectivity index (χ3v) is 2.61. The van der Waals surface area contributed by atoms with E-state index in [1.54, 1.807) is 30.3 Å². The van der Waals surface area contributed by atoms with E-state index in [9.17, 15) is 15.0 Å². The Hall–Kier alpha value is -1.90. The van der Waals surface area contributed by atoms with Crippen LogP contribution in [0.25, 0.3) is 0 Å². The van der Waals surface area contributed by atoms with E-state index in [4.69, 9.17) is 10.4 Å². The third-order valence-electron chi connectivity index (χ3n) is 2.61. The molecule has 3 N–H and O–H groups in total. The molecule has 0 saturated carbocycles. The molecular formula is C13H15NO4. The molecule has 0 fully saturated rings. The topological polar surface area (TPSA) is 102 Å². The lowest BCUT2D eigenvalue weighted by atomic mass is 10.0. The number of aliphatic hydroxyl groups is 2. The van der Waals surface area contributed by atoms with Crippen LogP contribution in [0.3, 0.4) is 0 Å². The van der Waals surface area contributed by atoms with E-state index < -0.39 is 18.2 Å². The van der Waals surface area contributed by atoms with Crippen molar-refractivity contribution in [3.63, 3.8) is 0 Å². The molecule has 0 heterocycles. The van der Waals surface area contributed by atoms with E-state index in [1.807, 2.05) is 0 Å². The van der Waals surface area contributed by atoms with Gasteiger partial charge >= 0.3 is 5.97 Å². The van der Waals surface area contributed by atoms with Crippen molar-refractivity contribution >= 4 is 5.97 Å². The predicted molar refractivity (Wildman–Crippen MR) is 63.6 cm³/mol. The Kier molecular flexibility index (Phi) is 5.31. The zero-order chi connectivity index (χ0) is 13.5. The van der Waals surface area contributed by atoms with Crippen molar-refractivity contribution in [3.8, 4) is 6.07 Å². The number of aryl methyl sites for hydroxylation is 1. The first-order chi connectivity index (χ1) is 8.54. The van der Waals surface area contributed by atoms with Crippen LogP contribution in [0, 0.1) is 11.3 Å². The largest absolute Gasteiger partial charge is 0.481 e. The zero-order valence-electron chi connectivity index (χ0n) is 9.78. The first kappa shape index (κ1) is 14.2. The van der Waals surface area contributed by atoms with E-state index in [1.165, 1.54) is 0 Å². The Morgan fingerprint density at radius 3 is 2.39 bits per heavy atom. The van der Waals surface area contributed by atoms with Crippen LogP contribution in [-0.4, -0.2) is 27.4 Å². The predicted octanol–water partition coefficient (Wildman–Crippen LogP) is 1.01. The molecule has 1 aromatic carbocycles. The fourth-order valence-corrected chi connectivity index (χ4v) is 1.58. The molecule has 18 heavy (non-hydrogen) atoms. The number of carbonyl (C=O) groups is 1. The average molecular weight is 249 g/mol. The number of carboxylic acid groups (broad SMARTS) is 1. The highest BCUT2D eigenvalue weighted by molar-refractivity contribution is 5.66. The molecule has 1 aromatic rings. The molecule has 0 aromatic heterocycles. The smallest absolute Gasteiger partial charge is 0.303 e. The summed E-state index contributed by atoms with van der Waals surface area (Å²) in [5, 5.41) is 35.7. The van der Waals surface area contributed by atoms with Gasteiger partial charge in [0.15, 0.2) is 6.10 Å². The van der Waals surface area contributed by atoms with Gasteiger partial charge in [-0.3, -0.25) is 4.79 Å². The molecule has 0 bridgehead atoms. The summed E-state index contributed by atoms with van der Waals surface area (Å²) in [6, 6.07) is 8.33. The van der Waals surface area contributed by atoms with Gasteiger partial charge in [-0.15, -0.1) is 0 Å². The summed E-state index contributed by atoms with van der Waals surface area (Å²) in [7, 11) is 0. The number of aliphatic hydroxyl groups excluding tert-OH is 2. The minimum atomic E-state index is -1.44. The SMILES string of the molecule is N#CC(O)C(O)c1ccc(CCCC(=O)O)cc1. The van der Waals surface area contributed by atoms with Gasteiger partial charge < -0.3 is 15.3 Å². The lowest BCUT2D eigenvalue weighted by Gasteiger charge is -2.12. The van der Waals surface area contributed by atoms with Crippen LogP contribution in [0.2, 0.25) is 0 Å². The average Bonchev–Trinajstić information content (AvgIpc) is 2.37. The van der Waals surface area contributed by atoms with Crippen LogP contribution in [0.5, 0.6) is 0 Å². The number of nitrogens with zero attached hydrogens (tertiary/aromatic N) is 1. The monoisotopic (exact) mass is 249 g/mol. The molecule has 5 heteroatoms. The number of aliphatic carboxylic acids is 1. The van der Waals surface area contributed by atoms with Gasteiger partial charge in [-0.25, -0.2) is 0 Å². The van der Waals surface area contributed by atoms with E-state index >= 15 is 0 Å². The number of carboxylic acids is 1. The summed E-state index contributed by atoms with van der Waals surface area (Å²) in [6.07, 6.45) is -1.34. The highest BCUT2D eigenvalue weighted by Crippen LogP contribution is 2.18. The second kappa shape index (κ2) is 6.74. The van der Waals surface area contributed by atoms with Crippen LogP contribution >= 0.6 is 0 Å². The van der Waals surface area contributed by atoms with Crippen molar-refractivity contribution in [2.75, 3.05) is 0 Å². The maximum atomic E-state index is 10.3. The van der Waals surface area contributed by atoms with Crippen molar-refractivity contribution in [2.24, 2.45) is 0 Å². The minimum Gasteiger partial charge on any atom is -0.481 e. The quantitative estimate of drug-likeness (QED) is 0.653. The molecule has 2 unspecified atom stereocenters. The van der Waals surface area contributed by atoms with Gasteiger partial charge in [-0.2, -0.15) is 5.26 Å². The molecule has 0 saturated heterocycles. The number of hydrogen-bond donors (Lipinski definition) is 3. The Labute approximate surface area is 105 Å². The van der Waals surface area contributed by atoms with Crippen LogP contribution in [0.15, 0.2) is 24.3 Å². The van der Waals surface area contributed by atoms with Gasteiger partial charge in [0, 0.05) is 6.42 Å². The lowest BCUT2D eigenvalue weighted by molar-refractivity contribution is -0.137. The van der Waals surface area contributed by atoms with E-state index in [0.717, 1.165) is 5.56 Å². The summed E-state index contributed by atoms with van der Waals surface area (Å²) in [5.41, 5.74) is 1.42. The van der Waals surface area contributed by atoms with Crippen LogP contribution in [0.4, 0.5) is 0 Å². The maximum Gasteiger partial charge on any atom is 0.303 e.